The third-order valence-electron chi connectivity index (χ3n) is 2.03. The largest absolute Gasteiger partial charge is 0.417 e. The third kappa shape index (κ3) is 4.32. The van der Waals surface area contributed by atoms with E-state index in [2.05, 4.69) is 10.5 Å². The number of hydrogen-bond donors (Lipinski definition) is 3. The summed E-state index contributed by atoms with van der Waals surface area (Å²) in [4.78, 5) is 11.3. The van der Waals surface area contributed by atoms with Crippen LogP contribution in [0.4, 0.5) is 18.9 Å². The minimum Gasteiger partial charge on any atom is -0.409 e. The summed E-state index contributed by atoms with van der Waals surface area (Å²) >= 11 is 5.42. The van der Waals surface area contributed by atoms with Gasteiger partial charge in [0, 0.05) is 5.69 Å². The summed E-state index contributed by atoms with van der Waals surface area (Å²) in [5, 5.41) is 12.5. The molecule has 0 aliphatic rings. The Balaban J connectivity index is 2.89. The summed E-state index contributed by atoms with van der Waals surface area (Å²) in [6, 6.07) is 2.93. The van der Waals surface area contributed by atoms with E-state index in [1.807, 2.05) is 0 Å². The third-order valence-corrected chi connectivity index (χ3v) is 2.36. The van der Waals surface area contributed by atoms with Crippen LogP contribution in [0.2, 0.25) is 5.02 Å². The van der Waals surface area contributed by atoms with Crippen LogP contribution >= 0.6 is 11.6 Å². The second kappa shape index (κ2) is 5.79. The van der Waals surface area contributed by atoms with Crippen LogP contribution in [0.25, 0.3) is 0 Å². The second-order valence-electron chi connectivity index (χ2n) is 3.51. The van der Waals surface area contributed by atoms with Crippen LogP contribution in [0.3, 0.4) is 0 Å². The number of nitrogens with zero attached hydrogens (tertiary/aromatic N) is 1. The lowest BCUT2D eigenvalue weighted by Gasteiger charge is -2.11. The molecule has 1 rings (SSSR count). The van der Waals surface area contributed by atoms with Gasteiger partial charge in [-0.25, -0.2) is 0 Å². The van der Waals surface area contributed by atoms with Gasteiger partial charge in [0.05, 0.1) is 17.0 Å². The molecule has 0 aliphatic carbocycles. The van der Waals surface area contributed by atoms with Crippen molar-refractivity contribution in [2.45, 2.75) is 12.6 Å². The molecule has 0 aromatic heterocycles. The highest BCUT2D eigenvalue weighted by Crippen LogP contribution is 2.36. The van der Waals surface area contributed by atoms with E-state index in [4.69, 9.17) is 22.5 Å². The van der Waals surface area contributed by atoms with Gasteiger partial charge in [0.15, 0.2) is 0 Å². The van der Waals surface area contributed by atoms with Gasteiger partial charge in [0.1, 0.15) is 5.84 Å². The molecule has 4 N–H and O–H groups in total. The number of hydrogen-bond acceptors (Lipinski definition) is 3. The second-order valence-corrected chi connectivity index (χ2v) is 3.92. The van der Waals surface area contributed by atoms with Gasteiger partial charge in [-0.05, 0) is 18.2 Å². The molecule has 19 heavy (non-hydrogen) atoms. The average Bonchev–Trinajstić information content (AvgIpc) is 2.29. The highest BCUT2D eigenvalue weighted by molar-refractivity contribution is 6.31. The molecule has 0 bridgehead atoms. The quantitative estimate of drug-likeness (QED) is 0.346. The van der Waals surface area contributed by atoms with Crippen molar-refractivity contribution >= 4 is 29.0 Å². The van der Waals surface area contributed by atoms with Crippen LogP contribution < -0.4 is 11.1 Å². The number of carbonyl (C=O) groups excluding carboxylic acids is 1. The number of nitrogens with two attached hydrogens (primary N) is 1. The first kappa shape index (κ1) is 15.1. The number of oxime groups is 1. The number of alkyl halides is 3. The number of carbonyl (C=O) groups is 1. The maximum Gasteiger partial charge on any atom is 0.417 e. The summed E-state index contributed by atoms with van der Waals surface area (Å²) in [5.41, 5.74) is 3.94. The number of anilines is 1. The Labute approximate surface area is 110 Å². The Morgan fingerprint density at radius 3 is 2.63 bits per heavy atom. The lowest BCUT2D eigenvalue weighted by Crippen LogP contribution is -2.22. The molecule has 5 nitrogen and oxygen atoms in total. The van der Waals surface area contributed by atoms with Crippen LogP contribution in [0.5, 0.6) is 0 Å². The van der Waals surface area contributed by atoms with Gasteiger partial charge >= 0.3 is 6.18 Å². The van der Waals surface area contributed by atoms with Crippen molar-refractivity contribution in [3.63, 3.8) is 0 Å². The van der Waals surface area contributed by atoms with E-state index in [1.54, 1.807) is 0 Å². The minimum atomic E-state index is -4.62. The Kier molecular flexibility index (Phi) is 4.60. The maximum absolute atomic E-state index is 12.6. The molecule has 0 saturated carbocycles. The van der Waals surface area contributed by atoms with Crippen LogP contribution in [-0.2, 0) is 11.0 Å². The van der Waals surface area contributed by atoms with Crippen molar-refractivity contribution in [2.24, 2.45) is 10.9 Å². The molecule has 0 unspecified atom stereocenters. The van der Waals surface area contributed by atoms with Gasteiger partial charge in [-0.2, -0.15) is 13.2 Å². The summed E-state index contributed by atoms with van der Waals surface area (Å²) in [5.74, 6) is -1.08. The van der Waals surface area contributed by atoms with E-state index in [0.29, 0.717) is 6.07 Å². The van der Waals surface area contributed by atoms with Gasteiger partial charge in [-0.15, -0.1) is 0 Å². The summed E-state index contributed by atoms with van der Waals surface area (Å²) in [6.07, 6.45) is -5.07. The lowest BCUT2D eigenvalue weighted by atomic mass is 10.2. The van der Waals surface area contributed by atoms with Crippen molar-refractivity contribution in [3.8, 4) is 0 Å². The molecule has 0 fully saturated rings. The predicted octanol–water partition coefficient (Wildman–Crippen LogP) is 2.43. The fourth-order valence-electron chi connectivity index (χ4n) is 1.23. The standard InChI is InChI=1S/C10H9ClF3N3O2/c11-7-2-1-5(3-6(7)10(12,13)14)16-9(18)4-8(15)17-19/h1-3,19H,4H2,(H2,15,17)(H,16,18). The van der Waals surface area contributed by atoms with E-state index in [-0.39, 0.29) is 11.5 Å². The Morgan fingerprint density at radius 1 is 1.47 bits per heavy atom. The van der Waals surface area contributed by atoms with E-state index in [0.717, 1.165) is 6.07 Å². The number of nitrogens with one attached hydrogen (secondary N) is 1. The molecule has 0 saturated heterocycles. The first-order valence-corrected chi connectivity index (χ1v) is 5.25. The summed E-state index contributed by atoms with van der Waals surface area (Å²) in [7, 11) is 0. The van der Waals surface area contributed by atoms with Crippen molar-refractivity contribution < 1.29 is 23.2 Å². The van der Waals surface area contributed by atoms with Crippen molar-refractivity contribution in [1.29, 1.82) is 0 Å². The van der Waals surface area contributed by atoms with Crippen molar-refractivity contribution in [1.82, 2.24) is 0 Å². The highest BCUT2D eigenvalue weighted by atomic mass is 35.5. The predicted molar refractivity (Wildman–Crippen MR) is 63.1 cm³/mol. The molecular formula is C10H9ClF3N3O2. The molecule has 1 aromatic rings. The van der Waals surface area contributed by atoms with Crippen LogP contribution in [0, 0.1) is 0 Å². The van der Waals surface area contributed by atoms with E-state index in [1.165, 1.54) is 6.07 Å². The SMILES string of the molecule is N/C(CC(=O)Nc1ccc(Cl)c(C(F)(F)F)c1)=N\O. The fraction of sp³-hybridized carbons (Fsp3) is 0.200. The molecule has 0 atom stereocenters. The molecule has 1 aromatic carbocycles. The Morgan fingerprint density at radius 2 is 2.11 bits per heavy atom. The first-order chi connectivity index (χ1) is 8.74. The summed E-state index contributed by atoms with van der Waals surface area (Å²) in [6.45, 7) is 0. The molecule has 0 spiro atoms. The average molecular weight is 296 g/mol. The zero-order valence-corrected chi connectivity index (χ0v) is 10.1. The van der Waals surface area contributed by atoms with Crippen molar-refractivity contribution in [3.05, 3.63) is 28.8 Å². The molecule has 0 radical (unpaired) electrons. The van der Waals surface area contributed by atoms with E-state index < -0.39 is 29.1 Å². The Bertz CT molecular complexity index is 517. The van der Waals surface area contributed by atoms with Gasteiger partial charge in [0.25, 0.3) is 0 Å². The molecule has 104 valence electrons. The monoisotopic (exact) mass is 295 g/mol. The number of amides is 1. The molecule has 9 heteroatoms. The molecule has 0 heterocycles. The smallest absolute Gasteiger partial charge is 0.409 e. The van der Waals surface area contributed by atoms with Crippen LogP contribution in [0.1, 0.15) is 12.0 Å². The van der Waals surface area contributed by atoms with Gasteiger partial charge < -0.3 is 16.3 Å². The zero-order chi connectivity index (χ0) is 14.6. The number of benzene rings is 1. The van der Waals surface area contributed by atoms with Crippen molar-refractivity contribution in [2.75, 3.05) is 5.32 Å². The minimum absolute atomic E-state index is 0.0903. The zero-order valence-electron chi connectivity index (χ0n) is 9.33. The maximum atomic E-state index is 12.6. The number of halogens is 4. The van der Waals surface area contributed by atoms with Gasteiger partial charge in [0.2, 0.25) is 5.91 Å². The number of amidine groups is 1. The Hall–Kier alpha value is -1.96. The van der Waals surface area contributed by atoms with Gasteiger partial charge in [-0.1, -0.05) is 16.8 Å². The summed E-state index contributed by atoms with van der Waals surface area (Å²) < 4.78 is 37.7. The van der Waals surface area contributed by atoms with Gasteiger partial charge in [-0.3, -0.25) is 4.79 Å². The number of rotatable bonds is 3. The molecule has 1 amide bonds. The van der Waals surface area contributed by atoms with E-state index in [9.17, 15) is 18.0 Å². The normalized spacial score (nSPS) is 12.3. The van der Waals surface area contributed by atoms with E-state index >= 15 is 0 Å². The first-order valence-electron chi connectivity index (χ1n) is 4.87. The topological polar surface area (TPSA) is 87.7 Å². The fourth-order valence-corrected chi connectivity index (χ4v) is 1.45. The molecular weight excluding hydrogens is 287 g/mol. The highest BCUT2D eigenvalue weighted by Gasteiger charge is 2.33. The molecule has 0 aliphatic heterocycles. The van der Waals surface area contributed by atoms with Crippen LogP contribution in [-0.4, -0.2) is 17.0 Å². The van der Waals surface area contributed by atoms with Crippen LogP contribution in [0.15, 0.2) is 23.4 Å². The lowest BCUT2D eigenvalue weighted by molar-refractivity contribution is -0.137.